The quantitative estimate of drug-likeness (QED) is 0.878. The van der Waals surface area contributed by atoms with Gasteiger partial charge in [-0.3, -0.25) is 4.79 Å². The lowest BCUT2D eigenvalue weighted by molar-refractivity contribution is 0.0929. The molecule has 1 amide bonds. The zero-order valence-corrected chi connectivity index (χ0v) is 12.5. The number of carbonyl (C=O) groups excluding carboxylic acids is 1. The molecule has 1 aromatic rings. The van der Waals surface area contributed by atoms with Gasteiger partial charge >= 0.3 is 0 Å². The molecule has 0 radical (unpaired) electrons. The van der Waals surface area contributed by atoms with Gasteiger partial charge in [-0.2, -0.15) is 0 Å². The molecule has 0 aromatic heterocycles. The molecule has 0 aliphatic rings. The van der Waals surface area contributed by atoms with Crippen molar-refractivity contribution in [2.24, 2.45) is 11.7 Å². The van der Waals surface area contributed by atoms with Crippen molar-refractivity contribution in [3.8, 4) is 0 Å². The van der Waals surface area contributed by atoms with Gasteiger partial charge in [-0.05, 0) is 30.5 Å². The van der Waals surface area contributed by atoms with Crippen LogP contribution in [-0.2, 0) is 0 Å². The van der Waals surface area contributed by atoms with Crippen molar-refractivity contribution in [3.05, 3.63) is 34.6 Å². The summed E-state index contributed by atoms with van der Waals surface area (Å²) in [6, 6.07) is 3.83. The molecule has 0 aliphatic heterocycles. The number of nitrogens with one attached hydrogen (secondary N) is 1. The molecule has 108 valence electrons. The molecule has 0 bridgehead atoms. The summed E-state index contributed by atoms with van der Waals surface area (Å²) in [7, 11) is 0. The maximum atomic E-state index is 13.5. The Balaban J connectivity index is 0.00000324. The van der Waals surface area contributed by atoms with Crippen molar-refractivity contribution >= 4 is 29.9 Å². The molecule has 1 rings (SSSR count). The standard InChI is InChI=1S/C13H18ClFN2O.ClH/c1-8(2)5-10(7-16)17-13(18)11-4-3-9(14)6-12(11)15;/h3-4,6,8,10H,5,7,16H2,1-2H3,(H,17,18);1H. The van der Waals surface area contributed by atoms with E-state index in [0.29, 0.717) is 12.5 Å². The monoisotopic (exact) mass is 308 g/mol. The normalized spacial score (nSPS) is 11.9. The van der Waals surface area contributed by atoms with E-state index in [0.717, 1.165) is 12.5 Å². The van der Waals surface area contributed by atoms with E-state index in [1.165, 1.54) is 12.1 Å². The van der Waals surface area contributed by atoms with Gasteiger partial charge < -0.3 is 11.1 Å². The molecule has 1 atom stereocenters. The van der Waals surface area contributed by atoms with Crippen molar-refractivity contribution in [1.29, 1.82) is 0 Å². The van der Waals surface area contributed by atoms with Crippen molar-refractivity contribution in [2.75, 3.05) is 6.54 Å². The van der Waals surface area contributed by atoms with Crippen molar-refractivity contribution in [2.45, 2.75) is 26.3 Å². The maximum Gasteiger partial charge on any atom is 0.254 e. The summed E-state index contributed by atoms with van der Waals surface area (Å²) in [6.07, 6.45) is 0.761. The van der Waals surface area contributed by atoms with E-state index >= 15 is 0 Å². The van der Waals surface area contributed by atoms with Crippen LogP contribution in [0.1, 0.15) is 30.6 Å². The lowest BCUT2D eigenvalue weighted by Gasteiger charge is -2.19. The molecule has 6 heteroatoms. The van der Waals surface area contributed by atoms with Crippen LogP contribution < -0.4 is 11.1 Å². The van der Waals surface area contributed by atoms with Gasteiger partial charge in [0.2, 0.25) is 0 Å². The van der Waals surface area contributed by atoms with Crippen LogP contribution in [0.3, 0.4) is 0 Å². The van der Waals surface area contributed by atoms with Crippen molar-refractivity contribution < 1.29 is 9.18 Å². The van der Waals surface area contributed by atoms with E-state index in [1.54, 1.807) is 0 Å². The second kappa shape index (κ2) is 8.35. The molecular formula is C13H19Cl2FN2O. The molecule has 3 nitrogen and oxygen atoms in total. The van der Waals surface area contributed by atoms with Crippen molar-refractivity contribution in [1.82, 2.24) is 5.32 Å². The Morgan fingerprint density at radius 3 is 2.58 bits per heavy atom. The molecule has 1 aromatic carbocycles. The van der Waals surface area contributed by atoms with Crippen LogP contribution in [0.2, 0.25) is 5.02 Å². The summed E-state index contributed by atoms with van der Waals surface area (Å²) in [4.78, 5) is 11.9. The van der Waals surface area contributed by atoms with E-state index in [2.05, 4.69) is 5.32 Å². The minimum atomic E-state index is -0.625. The number of amides is 1. The van der Waals surface area contributed by atoms with Crippen LogP contribution in [0, 0.1) is 11.7 Å². The third-order valence-corrected chi connectivity index (χ3v) is 2.79. The number of halogens is 3. The van der Waals surface area contributed by atoms with E-state index < -0.39 is 11.7 Å². The fourth-order valence-corrected chi connectivity index (χ4v) is 1.88. The van der Waals surface area contributed by atoms with E-state index in [9.17, 15) is 9.18 Å². The van der Waals surface area contributed by atoms with Gasteiger partial charge in [0.25, 0.3) is 5.91 Å². The fourth-order valence-electron chi connectivity index (χ4n) is 1.72. The highest BCUT2D eigenvalue weighted by molar-refractivity contribution is 6.30. The molecule has 0 saturated heterocycles. The van der Waals surface area contributed by atoms with Crippen LogP contribution >= 0.6 is 24.0 Å². The van der Waals surface area contributed by atoms with Crippen molar-refractivity contribution in [3.63, 3.8) is 0 Å². The maximum absolute atomic E-state index is 13.5. The molecule has 1 unspecified atom stereocenters. The Morgan fingerprint density at radius 2 is 2.11 bits per heavy atom. The SMILES string of the molecule is CC(C)CC(CN)NC(=O)c1ccc(Cl)cc1F.Cl. The lowest BCUT2D eigenvalue weighted by Crippen LogP contribution is -2.41. The topological polar surface area (TPSA) is 55.1 Å². The zero-order chi connectivity index (χ0) is 13.7. The molecule has 0 fully saturated rings. The van der Waals surface area contributed by atoms with Gasteiger partial charge in [0.1, 0.15) is 5.82 Å². The Kier molecular flexibility index (Phi) is 7.99. The second-order valence-corrected chi connectivity index (χ2v) is 5.10. The number of rotatable bonds is 5. The first-order chi connectivity index (χ1) is 8.43. The number of hydrogen-bond acceptors (Lipinski definition) is 2. The number of hydrogen-bond donors (Lipinski definition) is 2. The Hall–Kier alpha value is -0.840. The van der Waals surface area contributed by atoms with E-state index in [-0.39, 0.29) is 29.0 Å². The van der Waals surface area contributed by atoms with Crippen LogP contribution in [0.5, 0.6) is 0 Å². The van der Waals surface area contributed by atoms with Crippen LogP contribution in [0.15, 0.2) is 18.2 Å². The van der Waals surface area contributed by atoms with Crippen LogP contribution in [0.25, 0.3) is 0 Å². The number of carbonyl (C=O) groups is 1. The highest BCUT2D eigenvalue weighted by Gasteiger charge is 2.16. The van der Waals surface area contributed by atoms with Gasteiger partial charge in [-0.25, -0.2) is 4.39 Å². The molecule has 0 spiro atoms. The molecule has 0 saturated carbocycles. The van der Waals surface area contributed by atoms with Gasteiger partial charge in [0.05, 0.1) is 5.56 Å². The predicted molar refractivity (Wildman–Crippen MR) is 78.4 cm³/mol. The van der Waals surface area contributed by atoms with E-state index in [4.69, 9.17) is 17.3 Å². The Morgan fingerprint density at radius 1 is 1.47 bits per heavy atom. The first-order valence-electron chi connectivity index (χ1n) is 5.90. The smallest absolute Gasteiger partial charge is 0.254 e. The number of benzene rings is 1. The minimum absolute atomic E-state index is 0. The van der Waals surface area contributed by atoms with Gasteiger partial charge in [0, 0.05) is 17.6 Å². The summed E-state index contributed by atoms with van der Waals surface area (Å²) in [5.74, 6) is -0.672. The molecule has 3 N–H and O–H groups in total. The first-order valence-corrected chi connectivity index (χ1v) is 6.27. The number of nitrogens with two attached hydrogens (primary N) is 1. The second-order valence-electron chi connectivity index (χ2n) is 4.66. The average Bonchev–Trinajstić information content (AvgIpc) is 2.27. The molecule has 0 aliphatic carbocycles. The third-order valence-electron chi connectivity index (χ3n) is 2.55. The highest BCUT2D eigenvalue weighted by atomic mass is 35.5. The Bertz CT molecular complexity index is 427. The first kappa shape index (κ1) is 18.2. The lowest BCUT2D eigenvalue weighted by atomic mass is 10.0. The zero-order valence-electron chi connectivity index (χ0n) is 11.0. The highest BCUT2D eigenvalue weighted by Crippen LogP contribution is 2.15. The minimum Gasteiger partial charge on any atom is -0.348 e. The predicted octanol–water partition coefficient (Wildman–Crippen LogP) is 3.00. The Labute approximate surface area is 124 Å². The third kappa shape index (κ3) is 5.76. The van der Waals surface area contributed by atoms with E-state index in [1.807, 2.05) is 13.8 Å². The summed E-state index contributed by atoms with van der Waals surface area (Å²) < 4.78 is 13.5. The fraction of sp³-hybridized carbons (Fsp3) is 0.462. The van der Waals surface area contributed by atoms with Crippen LogP contribution in [0.4, 0.5) is 4.39 Å². The van der Waals surface area contributed by atoms with Crippen LogP contribution in [-0.4, -0.2) is 18.5 Å². The van der Waals surface area contributed by atoms with Gasteiger partial charge in [-0.15, -0.1) is 12.4 Å². The summed E-state index contributed by atoms with van der Waals surface area (Å²) >= 11 is 5.63. The summed E-state index contributed by atoms with van der Waals surface area (Å²) in [5, 5.41) is 2.99. The summed E-state index contributed by atoms with van der Waals surface area (Å²) in [6.45, 7) is 4.41. The molecular weight excluding hydrogens is 290 g/mol. The van der Waals surface area contributed by atoms with Gasteiger partial charge in [-0.1, -0.05) is 25.4 Å². The summed E-state index contributed by atoms with van der Waals surface area (Å²) in [5.41, 5.74) is 5.57. The largest absolute Gasteiger partial charge is 0.348 e. The molecule has 19 heavy (non-hydrogen) atoms. The van der Waals surface area contributed by atoms with Gasteiger partial charge in [0.15, 0.2) is 0 Å². The average molecular weight is 309 g/mol. The molecule has 0 heterocycles.